The van der Waals surface area contributed by atoms with Crippen LogP contribution in [0.25, 0.3) is 0 Å². The normalized spacial score (nSPS) is 10.3. The zero-order valence-electron chi connectivity index (χ0n) is 10.8. The highest BCUT2D eigenvalue weighted by Crippen LogP contribution is 2.10. The molecule has 0 heterocycles. The number of benzene rings is 1. The van der Waals surface area contributed by atoms with Gasteiger partial charge >= 0.3 is 0 Å². The van der Waals surface area contributed by atoms with E-state index in [9.17, 15) is 4.79 Å². The van der Waals surface area contributed by atoms with E-state index < -0.39 is 0 Å². The molecule has 3 nitrogen and oxygen atoms in total. The Morgan fingerprint density at radius 2 is 2.17 bits per heavy atom. The van der Waals surface area contributed by atoms with Gasteiger partial charge in [-0.2, -0.15) is 0 Å². The van der Waals surface area contributed by atoms with E-state index in [1.165, 1.54) is 5.56 Å². The first-order valence-corrected chi connectivity index (χ1v) is 6.82. The maximum Gasteiger partial charge on any atom is 0.233 e. The van der Waals surface area contributed by atoms with E-state index in [1.54, 1.807) is 0 Å². The molecule has 0 bridgehead atoms. The van der Waals surface area contributed by atoms with Crippen molar-refractivity contribution in [1.82, 2.24) is 10.6 Å². The zero-order chi connectivity index (χ0) is 13.2. The number of amides is 1. The summed E-state index contributed by atoms with van der Waals surface area (Å²) in [5.41, 5.74) is 1.18. The quantitative estimate of drug-likeness (QED) is 0.711. The summed E-state index contributed by atoms with van der Waals surface area (Å²) in [6.07, 6.45) is 3.01. The Kier molecular flexibility index (Phi) is 7.46. The van der Waals surface area contributed by atoms with Gasteiger partial charge in [0.05, 0.1) is 6.54 Å². The molecule has 2 N–H and O–H groups in total. The Balaban J connectivity index is 2.09. The number of hydrogen-bond donors (Lipinski definition) is 2. The van der Waals surface area contributed by atoms with E-state index in [2.05, 4.69) is 17.6 Å². The molecule has 1 aromatic carbocycles. The van der Waals surface area contributed by atoms with Crippen LogP contribution >= 0.6 is 11.6 Å². The number of carbonyl (C=O) groups excluding carboxylic acids is 1. The molecule has 0 aliphatic carbocycles. The van der Waals surface area contributed by atoms with Gasteiger partial charge in [0.25, 0.3) is 0 Å². The van der Waals surface area contributed by atoms with Crippen molar-refractivity contribution in [2.45, 2.75) is 26.2 Å². The van der Waals surface area contributed by atoms with Crippen LogP contribution in [0.4, 0.5) is 0 Å². The molecule has 4 heteroatoms. The highest BCUT2D eigenvalue weighted by Gasteiger charge is 1.99. The molecule has 0 unspecified atom stereocenters. The third-order valence-electron chi connectivity index (χ3n) is 2.62. The van der Waals surface area contributed by atoms with Gasteiger partial charge in [0, 0.05) is 11.6 Å². The van der Waals surface area contributed by atoms with Gasteiger partial charge < -0.3 is 10.6 Å². The fourth-order valence-corrected chi connectivity index (χ4v) is 1.81. The monoisotopic (exact) mass is 268 g/mol. The minimum atomic E-state index is 0.0644. The van der Waals surface area contributed by atoms with Crippen molar-refractivity contribution in [3.05, 3.63) is 34.9 Å². The van der Waals surface area contributed by atoms with Crippen molar-refractivity contribution >= 4 is 17.5 Å². The Hall–Kier alpha value is -1.06. The number of hydrogen-bond acceptors (Lipinski definition) is 2. The second-order valence-corrected chi connectivity index (χ2v) is 4.70. The Labute approximate surface area is 114 Å². The van der Waals surface area contributed by atoms with Crippen molar-refractivity contribution < 1.29 is 4.79 Å². The summed E-state index contributed by atoms with van der Waals surface area (Å²) >= 11 is 5.89. The lowest BCUT2D eigenvalue weighted by Crippen LogP contribution is -2.35. The molecule has 0 saturated carbocycles. The SMILES string of the molecule is CCCCNC(=O)CNCCc1cccc(Cl)c1. The van der Waals surface area contributed by atoms with Crippen molar-refractivity contribution in [1.29, 1.82) is 0 Å². The van der Waals surface area contributed by atoms with Crippen molar-refractivity contribution in [2.24, 2.45) is 0 Å². The molecule has 0 atom stereocenters. The summed E-state index contributed by atoms with van der Waals surface area (Å²) in [4.78, 5) is 11.4. The van der Waals surface area contributed by atoms with Crippen LogP contribution in [0.1, 0.15) is 25.3 Å². The molecule has 100 valence electrons. The summed E-state index contributed by atoms with van der Waals surface area (Å²) in [6.45, 7) is 4.03. The fourth-order valence-electron chi connectivity index (χ4n) is 1.59. The predicted octanol–water partition coefficient (Wildman–Crippen LogP) is 2.39. The Bertz CT molecular complexity index is 369. The van der Waals surface area contributed by atoms with Gasteiger partial charge in [0.2, 0.25) is 5.91 Å². The summed E-state index contributed by atoms with van der Waals surface area (Å²) < 4.78 is 0. The first kappa shape index (κ1) is 15.0. The largest absolute Gasteiger partial charge is 0.355 e. The summed E-state index contributed by atoms with van der Waals surface area (Å²) in [5, 5.41) is 6.75. The Morgan fingerprint density at radius 3 is 2.89 bits per heavy atom. The first-order valence-electron chi connectivity index (χ1n) is 6.44. The van der Waals surface area contributed by atoms with Gasteiger partial charge in [-0.3, -0.25) is 4.79 Å². The van der Waals surface area contributed by atoms with Crippen LogP contribution in [0.3, 0.4) is 0 Å². The van der Waals surface area contributed by atoms with Crippen LogP contribution < -0.4 is 10.6 Å². The number of nitrogens with one attached hydrogen (secondary N) is 2. The van der Waals surface area contributed by atoms with Gasteiger partial charge in [-0.15, -0.1) is 0 Å². The topological polar surface area (TPSA) is 41.1 Å². The number of halogens is 1. The molecule has 0 spiro atoms. The lowest BCUT2D eigenvalue weighted by atomic mass is 10.1. The highest BCUT2D eigenvalue weighted by molar-refractivity contribution is 6.30. The van der Waals surface area contributed by atoms with E-state index in [1.807, 2.05) is 24.3 Å². The van der Waals surface area contributed by atoms with Crippen LogP contribution in [-0.2, 0) is 11.2 Å². The van der Waals surface area contributed by atoms with Gasteiger partial charge in [0.15, 0.2) is 0 Å². The number of rotatable bonds is 8. The van der Waals surface area contributed by atoms with Gasteiger partial charge in [-0.25, -0.2) is 0 Å². The molecule has 0 aliphatic heterocycles. The van der Waals surface area contributed by atoms with Crippen LogP contribution in [-0.4, -0.2) is 25.5 Å². The lowest BCUT2D eigenvalue weighted by molar-refractivity contribution is -0.120. The van der Waals surface area contributed by atoms with Crippen molar-refractivity contribution in [2.75, 3.05) is 19.6 Å². The first-order chi connectivity index (χ1) is 8.72. The van der Waals surface area contributed by atoms with E-state index in [0.29, 0.717) is 6.54 Å². The summed E-state index contributed by atoms with van der Waals surface area (Å²) in [7, 11) is 0. The van der Waals surface area contributed by atoms with E-state index in [4.69, 9.17) is 11.6 Å². The predicted molar refractivity (Wildman–Crippen MR) is 75.9 cm³/mol. The molecule has 0 saturated heterocycles. The lowest BCUT2D eigenvalue weighted by Gasteiger charge is -2.06. The molecule has 1 aromatic rings. The van der Waals surface area contributed by atoms with E-state index in [0.717, 1.165) is 37.4 Å². The van der Waals surface area contributed by atoms with Crippen LogP contribution in [0.15, 0.2) is 24.3 Å². The molecule has 18 heavy (non-hydrogen) atoms. The Morgan fingerprint density at radius 1 is 1.33 bits per heavy atom. The molecular formula is C14H21ClN2O. The summed E-state index contributed by atoms with van der Waals surface area (Å²) in [6, 6.07) is 7.79. The maximum atomic E-state index is 11.4. The molecule has 0 radical (unpaired) electrons. The second-order valence-electron chi connectivity index (χ2n) is 4.26. The van der Waals surface area contributed by atoms with Crippen molar-refractivity contribution in [3.63, 3.8) is 0 Å². The molecular weight excluding hydrogens is 248 g/mol. The highest BCUT2D eigenvalue weighted by atomic mass is 35.5. The third kappa shape index (κ3) is 6.62. The molecule has 0 aliphatic rings. The summed E-state index contributed by atoms with van der Waals surface area (Å²) in [5.74, 6) is 0.0644. The number of carbonyl (C=O) groups is 1. The van der Waals surface area contributed by atoms with Crippen LogP contribution in [0, 0.1) is 0 Å². The van der Waals surface area contributed by atoms with Gasteiger partial charge in [-0.05, 0) is 37.1 Å². The number of unbranched alkanes of at least 4 members (excludes halogenated alkanes) is 1. The average Bonchev–Trinajstić information content (AvgIpc) is 2.35. The van der Waals surface area contributed by atoms with Gasteiger partial charge in [0.1, 0.15) is 0 Å². The van der Waals surface area contributed by atoms with Crippen LogP contribution in [0.2, 0.25) is 5.02 Å². The minimum absolute atomic E-state index is 0.0644. The standard InChI is InChI=1S/C14H21ClN2O/c1-2-3-8-17-14(18)11-16-9-7-12-5-4-6-13(15)10-12/h4-6,10,16H,2-3,7-9,11H2,1H3,(H,17,18). The van der Waals surface area contributed by atoms with Gasteiger partial charge in [-0.1, -0.05) is 37.1 Å². The van der Waals surface area contributed by atoms with Crippen LogP contribution in [0.5, 0.6) is 0 Å². The third-order valence-corrected chi connectivity index (χ3v) is 2.85. The second kappa shape index (κ2) is 8.95. The van der Waals surface area contributed by atoms with Crippen molar-refractivity contribution in [3.8, 4) is 0 Å². The van der Waals surface area contributed by atoms with E-state index >= 15 is 0 Å². The molecule has 0 aromatic heterocycles. The zero-order valence-corrected chi connectivity index (χ0v) is 11.6. The molecule has 0 fully saturated rings. The maximum absolute atomic E-state index is 11.4. The minimum Gasteiger partial charge on any atom is -0.355 e. The average molecular weight is 269 g/mol. The molecule has 1 amide bonds. The smallest absolute Gasteiger partial charge is 0.233 e. The molecule has 1 rings (SSSR count). The fraction of sp³-hybridized carbons (Fsp3) is 0.500. The van der Waals surface area contributed by atoms with E-state index in [-0.39, 0.29) is 5.91 Å².